The molecule has 5 aromatic rings. The molecule has 5 fully saturated rings. The minimum atomic E-state index is -0.770. The summed E-state index contributed by atoms with van der Waals surface area (Å²) in [6, 6.07) is 12.5. The van der Waals surface area contributed by atoms with Gasteiger partial charge < -0.3 is 54.1 Å². The van der Waals surface area contributed by atoms with Crippen molar-refractivity contribution in [3.8, 4) is 28.1 Å². The molecular formula is C54H66N8O9. The van der Waals surface area contributed by atoms with Crippen molar-refractivity contribution < 1.29 is 42.9 Å². The van der Waals surface area contributed by atoms with Crippen molar-refractivity contribution >= 4 is 45.8 Å². The summed E-state index contributed by atoms with van der Waals surface area (Å²) in [5, 5.41) is 7.80. The lowest BCUT2D eigenvalue weighted by Gasteiger charge is -2.53. The molecular weight excluding hydrogens is 905 g/mol. The standard InChI is InChI=1S/C54H66N8O9/c1-24-14-42(61(29(24)6)51(63)45(59-53(65)67-8)33-16-26(3)70-27(4)17-33)50-56-39-13-11-31-20-37-35-12-10-32(19-34(35)23-69-43(37)21-36(31)46(39)58-50)40-22-55-49(57-40)41-15-25(2)48-44-30(7)71-28(5)18-38(44)47(52(64)62(41)48)60-54(66)68-9/h10-13,19-22,24-30,33,38,41-42,44-45,47-48H,14-18,23H2,1-9H3,(H,55,57)(H,56,58)(H,59,65)(H,60,66)/t24-,25-,26+,27+,28+,29-,30+,38?,41-,42-,44?,45-,47-,48+/m0/s1. The Morgan fingerprint density at radius 2 is 1.55 bits per heavy atom. The number of aromatic amines is 2. The number of fused-ring (bicyclic) bond motifs is 9. The van der Waals surface area contributed by atoms with Crippen molar-refractivity contribution in [2.45, 2.75) is 148 Å². The first-order chi connectivity index (χ1) is 34.1. The summed E-state index contributed by atoms with van der Waals surface area (Å²) in [5.74, 6) is 2.21. The number of aromatic nitrogens is 4. The van der Waals surface area contributed by atoms with E-state index in [1.807, 2.05) is 42.8 Å². The van der Waals surface area contributed by atoms with Gasteiger partial charge in [0.2, 0.25) is 11.8 Å². The van der Waals surface area contributed by atoms with Gasteiger partial charge >= 0.3 is 12.2 Å². The van der Waals surface area contributed by atoms with Crippen molar-refractivity contribution in [2.24, 2.45) is 29.6 Å². The molecule has 3 aromatic carbocycles. The van der Waals surface area contributed by atoms with Crippen LogP contribution in [0.3, 0.4) is 0 Å². The number of carbonyl (C=O) groups is 4. The highest BCUT2D eigenvalue weighted by atomic mass is 16.5. The lowest BCUT2D eigenvalue weighted by molar-refractivity contribution is -0.170. The Hall–Kier alpha value is -6.20. The van der Waals surface area contributed by atoms with Gasteiger partial charge in [-0.05, 0) is 137 Å². The Balaban J connectivity index is 0.858. The summed E-state index contributed by atoms with van der Waals surface area (Å²) in [6.45, 7) is 15.0. The van der Waals surface area contributed by atoms with Crippen LogP contribution in [0.2, 0.25) is 0 Å². The van der Waals surface area contributed by atoms with Crippen molar-refractivity contribution in [3.63, 3.8) is 0 Å². The number of imidazole rings is 2. The lowest BCUT2D eigenvalue weighted by atomic mass is 9.68. The first kappa shape index (κ1) is 47.1. The summed E-state index contributed by atoms with van der Waals surface area (Å²) in [4.78, 5) is 75.8. The van der Waals surface area contributed by atoms with Crippen molar-refractivity contribution in [1.82, 2.24) is 40.4 Å². The van der Waals surface area contributed by atoms with E-state index in [0.717, 1.165) is 68.3 Å². The molecule has 0 saturated carbocycles. The Labute approximate surface area is 413 Å². The SMILES string of the molecule is COC(=O)N[C@H](C(=O)N1[C@H](c2nc3ccc4cc5c(cc4c3[nH]2)OCc2cc(-c3cnc([C@@H]4C[C@H](C)[C@@H]6C7C(C[C@@H](C)O[C@@H]7C)[C@H](NC(=O)OC)C(=O)N46)[nH]3)ccc2-5)C[C@H](C)[C@@H]1C)C1C[C@@H](C)O[C@H](C)C1. The summed E-state index contributed by atoms with van der Waals surface area (Å²) in [6.07, 6.45) is 3.83. The third-order valence-corrected chi connectivity index (χ3v) is 17.0. The Kier molecular flexibility index (Phi) is 12.0. The lowest BCUT2D eigenvalue weighted by Crippen LogP contribution is -2.67. The second-order valence-electron chi connectivity index (χ2n) is 21.5. The molecule has 71 heavy (non-hydrogen) atoms. The van der Waals surface area contributed by atoms with E-state index in [-0.39, 0.29) is 90.0 Å². The van der Waals surface area contributed by atoms with Gasteiger partial charge in [0.15, 0.2) is 0 Å². The summed E-state index contributed by atoms with van der Waals surface area (Å²) in [7, 11) is 2.64. The molecule has 4 amide bonds. The van der Waals surface area contributed by atoms with Crippen molar-refractivity contribution in [2.75, 3.05) is 14.2 Å². The van der Waals surface area contributed by atoms with Crippen molar-refractivity contribution in [3.05, 3.63) is 65.9 Å². The summed E-state index contributed by atoms with van der Waals surface area (Å²) in [5.41, 5.74) is 6.57. The Bertz CT molecular complexity index is 2910. The zero-order chi connectivity index (χ0) is 49.7. The number of piperidine rings is 1. The predicted octanol–water partition coefficient (Wildman–Crippen LogP) is 8.34. The van der Waals surface area contributed by atoms with Crippen LogP contribution in [0.4, 0.5) is 9.59 Å². The number of carbonyl (C=O) groups excluding carboxylic acids is 4. The molecule has 376 valence electrons. The monoisotopic (exact) mass is 970 g/mol. The number of methoxy groups -OCH3 is 2. The molecule has 2 aromatic heterocycles. The molecule has 17 heteroatoms. The fraction of sp³-hybridized carbons (Fsp3) is 0.556. The van der Waals surface area contributed by atoms with Crippen LogP contribution in [-0.4, -0.2) is 117 Å². The first-order valence-corrected chi connectivity index (χ1v) is 25.5. The van der Waals surface area contributed by atoms with Gasteiger partial charge in [-0.15, -0.1) is 0 Å². The van der Waals surface area contributed by atoms with Gasteiger partial charge in [0.1, 0.15) is 36.1 Å². The highest BCUT2D eigenvalue weighted by Crippen LogP contribution is 2.52. The van der Waals surface area contributed by atoms with Crippen LogP contribution < -0.4 is 15.4 Å². The Morgan fingerprint density at radius 3 is 2.31 bits per heavy atom. The van der Waals surface area contributed by atoms with E-state index >= 15 is 0 Å². The number of hydrogen-bond acceptors (Lipinski definition) is 11. The maximum Gasteiger partial charge on any atom is 0.407 e. The normalized spacial score (nSPS) is 32.6. The second-order valence-corrected chi connectivity index (χ2v) is 21.5. The maximum atomic E-state index is 14.8. The van der Waals surface area contributed by atoms with E-state index in [0.29, 0.717) is 37.5 Å². The number of rotatable bonds is 7. The van der Waals surface area contributed by atoms with E-state index in [4.69, 9.17) is 33.7 Å². The van der Waals surface area contributed by atoms with Crippen LogP contribution in [0.5, 0.6) is 5.75 Å². The van der Waals surface area contributed by atoms with E-state index in [1.165, 1.54) is 14.2 Å². The van der Waals surface area contributed by atoms with Gasteiger partial charge in [-0.3, -0.25) is 9.59 Å². The molecule has 11 rings (SSSR count). The van der Waals surface area contributed by atoms with E-state index in [9.17, 15) is 19.2 Å². The van der Waals surface area contributed by atoms with Gasteiger partial charge in [-0.2, -0.15) is 0 Å². The number of nitrogens with zero attached hydrogens (tertiary/aromatic N) is 4. The largest absolute Gasteiger partial charge is 0.488 e. The Morgan fingerprint density at radius 1 is 0.803 bits per heavy atom. The first-order valence-electron chi connectivity index (χ1n) is 25.5. The van der Waals surface area contributed by atoms with Crippen LogP contribution in [0.25, 0.3) is 44.2 Å². The average molecular weight is 971 g/mol. The second kappa shape index (κ2) is 18.1. The molecule has 0 bridgehead atoms. The van der Waals surface area contributed by atoms with Crippen molar-refractivity contribution in [1.29, 1.82) is 0 Å². The number of amides is 4. The third kappa shape index (κ3) is 8.07. The zero-order valence-corrected chi connectivity index (χ0v) is 42.0. The fourth-order valence-corrected chi connectivity index (χ4v) is 13.8. The fourth-order valence-electron chi connectivity index (χ4n) is 13.8. The van der Waals surface area contributed by atoms with E-state index < -0.39 is 24.3 Å². The predicted molar refractivity (Wildman–Crippen MR) is 264 cm³/mol. The number of benzene rings is 3. The highest BCUT2D eigenvalue weighted by molar-refractivity contribution is 6.07. The molecule has 0 radical (unpaired) electrons. The number of likely N-dealkylation sites (tertiary alicyclic amines) is 1. The van der Waals surface area contributed by atoms with Crippen LogP contribution >= 0.6 is 0 Å². The summed E-state index contributed by atoms with van der Waals surface area (Å²) < 4.78 is 28.9. The number of ether oxygens (including phenoxy) is 5. The van der Waals surface area contributed by atoms with Gasteiger partial charge in [-0.1, -0.05) is 32.0 Å². The maximum absolute atomic E-state index is 14.8. The molecule has 17 nitrogen and oxygen atoms in total. The molecule has 8 heterocycles. The molecule has 4 N–H and O–H groups in total. The van der Waals surface area contributed by atoms with Gasteiger partial charge in [0, 0.05) is 29.0 Å². The topological polar surface area (TPSA) is 202 Å². The number of nitrogens with one attached hydrogen (secondary N) is 4. The molecule has 0 spiro atoms. The number of hydrogen-bond donors (Lipinski definition) is 4. The number of H-pyrrole nitrogens is 2. The molecule has 0 aliphatic carbocycles. The van der Waals surface area contributed by atoms with Crippen LogP contribution in [-0.2, 0) is 35.1 Å². The smallest absolute Gasteiger partial charge is 0.407 e. The molecule has 14 atom stereocenters. The summed E-state index contributed by atoms with van der Waals surface area (Å²) >= 11 is 0. The van der Waals surface area contributed by atoms with Crippen LogP contribution in [0, 0.1) is 29.6 Å². The van der Waals surface area contributed by atoms with E-state index in [1.54, 1.807) is 0 Å². The molecule has 6 aliphatic rings. The third-order valence-electron chi connectivity index (χ3n) is 17.0. The van der Waals surface area contributed by atoms with Crippen LogP contribution in [0.15, 0.2) is 48.7 Å². The number of alkyl carbamates (subject to hydrolysis) is 2. The minimum absolute atomic E-state index is 0.0250. The van der Waals surface area contributed by atoms with Gasteiger partial charge in [0.25, 0.3) is 0 Å². The molecule has 5 saturated heterocycles. The van der Waals surface area contributed by atoms with Gasteiger partial charge in [-0.25, -0.2) is 19.6 Å². The molecule has 6 aliphatic heterocycles. The van der Waals surface area contributed by atoms with E-state index in [2.05, 4.69) is 84.7 Å². The molecule has 2 unspecified atom stereocenters. The highest BCUT2D eigenvalue weighted by Gasteiger charge is 2.60. The quantitative estimate of drug-likeness (QED) is 0.122. The average Bonchev–Trinajstić information content (AvgIpc) is 4.15. The zero-order valence-electron chi connectivity index (χ0n) is 42.0. The van der Waals surface area contributed by atoms with Gasteiger partial charge in [0.05, 0.1) is 73.6 Å². The minimum Gasteiger partial charge on any atom is -0.488 e. The van der Waals surface area contributed by atoms with Crippen LogP contribution in [0.1, 0.15) is 110 Å².